The van der Waals surface area contributed by atoms with Gasteiger partial charge in [0.2, 0.25) is 0 Å². The summed E-state index contributed by atoms with van der Waals surface area (Å²) in [5, 5.41) is 28.8. The number of rotatable bonds is 4. The summed E-state index contributed by atoms with van der Waals surface area (Å²) in [7, 11) is 0. The van der Waals surface area contributed by atoms with Crippen molar-refractivity contribution in [2.75, 3.05) is 11.9 Å². The third kappa shape index (κ3) is 2.88. The van der Waals surface area contributed by atoms with Crippen LogP contribution in [0.1, 0.15) is 13.3 Å². The Balaban J connectivity index is 1.63. The lowest BCUT2D eigenvalue weighted by Crippen LogP contribution is -2.34. The Morgan fingerprint density at radius 1 is 1.05 bits per heavy atom. The predicted molar refractivity (Wildman–Crippen MR) is 85.5 cm³/mol. The van der Waals surface area contributed by atoms with Gasteiger partial charge in [-0.05, 0) is 24.8 Å². The highest BCUT2D eigenvalue weighted by atomic mass is 16.3. The van der Waals surface area contributed by atoms with Gasteiger partial charge in [-0.3, -0.25) is 0 Å². The summed E-state index contributed by atoms with van der Waals surface area (Å²) in [4.78, 5) is 0. The third-order valence-electron chi connectivity index (χ3n) is 4.31. The Morgan fingerprint density at radius 3 is 2.57 bits per heavy atom. The molecule has 0 aromatic heterocycles. The van der Waals surface area contributed by atoms with Gasteiger partial charge in [0.1, 0.15) is 0 Å². The Labute approximate surface area is 124 Å². The first kappa shape index (κ1) is 14.3. The van der Waals surface area contributed by atoms with Crippen LogP contribution in [0.4, 0.5) is 5.69 Å². The fourth-order valence-corrected chi connectivity index (χ4v) is 3.06. The molecule has 0 radical (unpaired) electrons. The van der Waals surface area contributed by atoms with E-state index in [1.54, 1.807) is 0 Å². The molecule has 2 aromatic carbocycles. The average Bonchev–Trinajstić information content (AvgIpc) is 2.75. The third-order valence-corrected chi connectivity index (χ3v) is 4.31. The van der Waals surface area contributed by atoms with E-state index in [-0.39, 0.29) is 12.1 Å². The van der Waals surface area contributed by atoms with Crippen LogP contribution >= 0.6 is 0 Å². The Morgan fingerprint density at radius 2 is 1.81 bits per heavy atom. The number of nitrogens with one attached hydrogen (secondary N) is 2. The summed E-state index contributed by atoms with van der Waals surface area (Å²) in [6.07, 6.45) is -0.590. The quantitative estimate of drug-likeness (QED) is 0.691. The molecule has 3 rings (SSSR count). The molecule has 0 spiro atoms. The van der Waals surface area contributed by atoms with Crippen molar-refractivity contribution in [2.45, 2.75) is 37.6 Å². The van der Waals surface area contributed by atoms with Crippen LogP contribution in [0.5, 0.6) is 0 Å². The van der Waals surface area contributed by atoms with E-state index in [9.17, 15) is 10.2 Å². The summed E-state index contributed by atoms with van der Waals surface area (Å²) in [5.74, 6) is 0. The minimum absolute atomic E-state index is 0.0532. The van der Waals surface area contributed by atoms with E-state index < -0.39 is 12.2 Å². The second kappa shape index (κ2) is 6.02. The van der Waals surface area contributed by atoms with Crippen molar-refractivity contribution in [2.24, 2.45) is 0 Å². The van der Waals surface area contributed by atoms with Gasteiger partial charge in [0.05, 0.1) is 12.2 Å². The lowest BCUT2D eigenvalue weighted by atomic mass is 10.1. The lowest BCUT2D eigenvalue weighted by molar-refractivity contribution is 0.0297. The van der Waals surface area contributed by atoms with Crippen molar-refractivity contribution in [3.63, 3.8) is 0 Å². The number of hydrogen-bond acceptors (Lipinski definition) is 4. The Kier molecular flexibility index (Phi) is 4.10. The molecule has 1 aliphatic rings. The zero-order valence-electron chi connectivity index (χ0n) is 12.2. The van der Waals surface area contributed by atoms with Crippen LogP contribution in [-0.4, -0.2) is 41.0 Å². The van der Waals surface area contributed by atoms with E-state index in [1.807, 2.05) is 25.1 Å². The number of aliphatic hydroxyl groups is 2. The van der Waals surface area contributed by atoms with Crippen molar-refractivity contribution < 1.29 is 10.2 Å². The molecular weight excluding hydrogens is 264 g/mol. The van der Waals surface area contributed by atoms with Gasteiger partial charge in [-0.2, -0.15) is 0 Å². The predicted octanol–water partition coefficient (Wildman–Crippen LogP) is 1.72. The van der Waals surface area contributed by atoms with E-state index in [2.05, 4.69) is 34.9 Å². The van der Waals surface area contributed by atoms with Gasteiger partial charge in [-0.1, -0.05) is 36.4 Å². The summed E-state index contributed by atoms with van der Waals surface area (Å²) >= 11 is 0. The molecule has 0 amide bonds. The normalized spacial score (nSPS) is 28.9. The van der Waals surface area contributed by atoms with Gasteiger partial charge in [0, 0.05) is 29.7 Å². The lowest BCUT2D eigenvalue weighted by Gasteiger charge is -2.17. The number of anilines is 1. The Hall–Kier alpha value is -1.62. The van der Waals surface area contributed by atoms with Crippen molar-refractivity contribution >= 4 is 16.5 Å². The molecule has 0 unspecified atom stereocenters. The zero-order chi connectivity index (χ0) is 14.8. The fraction of sp³-hybridized carbons (Fsp3) is 0.412. The number of fused-ring (bicyclic) bond motifs is 1. The molecule has 4 nitrogen and oxygen atoms in total. The van der Waals surface area contributed by atoms with E-state index in [1.165, 1.54) is 10.8 Å². The van der Waals surface area contributed by atoms with E-state index in [4.69, 9.17) is 0 Å². The molecule has 4 heteroatoms. The molecule has 21 heavy (non-hydrogen) atoms. The number of aliphatic hydroxyl groups excluding tert-OH is 2. The molecule has 4 N–H and O–H groups in total. The van der Waals surface area contributed by atoms with Gasteiger partial charge in [-0.25, -0.2) is 0 Å². The first-order valence-corrected chi connectivity index (χ1v) is 7.50. The zero-order valence-corrected chi connectivity index (χ0v) is 12.2. The van der Waals surface area contributed by atoms with Crippen molar-refractivity contribution in [3.8, 4) is 0 Å². The van der Waals surface area contributed by atoms with Crippen LogP contribution in [0.15, 0.2) is 42.5 Å². The van der Waals surface area contributed by atoms with Crippen LogP contribution in [-0.2, 0) is 0 Å². The Bertz CT molecular complexity index is 611. The highest BCUT2D eigenvalue weighted by Gasteiger charge is 2.37. The van der Waals surface area contributed by atoms with Crippen LogP contribution < -0.4 is 10.6 Å². The molecule has 1 fully saturated rings. The van der Waals surface area contributed by atoms with Gasteiger partial charge in [0.25, 0.3) is 0 Å². The maximum atomic E-state index is 9.96. The average molecular weight is 286 g/mol. The number of hydrogen-bond donors (Lipinski definition) is 4. The largest absolute Gasteiger partial charge is 0.389 e. The molecule has 0 aliphatic carbocycles. The van der Waals surface area contributed by atoms with Crippen molar-refractivity contribution in [1.82, 2.24) is 5.32 Å². The first-order chi connectivity index (χ1) is 10.2. The minimum Gasteiger partial charge on any atom is -0.389 e. The SMILES string of the molecule is C[C@@H]1N[C@H](CCNc2cccc3ccccc23)[C@H](O)[C@@H]1O. The second-order valence-corrected chi connectivity index (χ2v) is 5.79. The van der Waals surface area contributed by atoms with Crippen LogP contribution in [0, 0.1) is 0 Å². The van der Waals surface area contributed by atoms with Crippen LogP contribution in [0.2, 0.25) is 0 Å². The van der Waals surface area contributed by atoms with Gasteiger partial charge in [0.15, 0.2) is 0 Å². The van der Waals surface area contributed by atoms with Crippen molar-refractivity contribution in [3.05, 3.63) is 42.5 Å². The molecule has 1 aliphatic heterocycles. The van der Waals surface area contributed by atoms with E-state index in [0.717, 1.165) is 18.7 Å². The summed E-state index contributed by atoms with van der Waals surface area (Å²) in [6.45, 7) is 2.65. The van der Waals surface area contributed by atoms with E-state index >= 15 is 0 Å². The summed E-state index contributed by atoms with van der Waals surface area (Å²) < 4.78 is 0. The highest BCUT2D eigenvalue weighted by molar-refractivity contribution is 5.93. The summed E-state index contributed by atoms with van der Waals surface area (Å²) in [6, 6.07) is 14.4. The van der Waals surface area contributed by atoms with Gasteiger partial charge >= 0.3 is 0 Å². The smallest absolute Gasteiger partial charge is 0.0967 e. The molecule has 1 heterocycles. The summed E-state index contributed by atoms with van der Waals surface area (Å²) in [5.41, 5.74) is 1.11. The molecule has 4 atom stereocenters. The molecule has 0 saturated carbocycles. The molecule has 112 valence electrons. The maximum Gasteiger partial charge on any atom is 0.0967 e. The number of benzene rings is 2. The molecular formula is C17H22N2O2. The minimum atomic E-state index is -0.686. The molecule has 2 aromatic rings. The first-order valence-electron chi connectivity index (χ1n) is 7.50. The topological polar surface area (TPSA) is 64.5 Å². The van der Waals surface area contributed by atoms with Crippen molar-refractivity contribution in [1.29, 1.82) is 0 Å². The second-order valence-electron chi connectivity index (χ2n) is 5.79. The molecule has 0 bridgehead atoms. The fourth-order valence-electron chi connectivity index (χ4n) is 3.06. The molecule has 1 saturated heterocycles. The maximum absolute atomic E-state index is 9.96. The van der Waals surface area contributed by atoms with Gasteiger partial charge < -0.3 is 20.8 Å². The van der Waals surface area contributed by atoms with Gasteiger partial charge in [-0.15, -0.1) is 0 Å². The van der Waals surface area contributed by atoms with E-state index in [0.29, 0.717) is 0 Å². The monoisotopic (exact) mass is 286 g/mol. The van der Waals surface area contributed by atoms with Crippen LogP contribution in [0.25, 0.3) is 10.8 Å². The highest BCUT2D eigenvalue weighted by Crippen LogP contribution is 2.23. The van der Waals surface area contributed by atoms with Crippen LogP contribution in [0.3, 0.4) is 0 Å². The standard InChI is InChI=1S/C17H22N2O2/c1-11-16(20)17(21)15(19-11)9-10-18-14-8-4-6-12-5-2-3-7-13(12)14/h2-8,11,15-21H,9-10H2,1H3/t11-,15+,16+,17-/m0/s1.